The number of rotatable bonds is 1. The third kappa shape index (κ3) is 3.43. The third-order valence-corrected chi connectivity index (χ3v) is 6.11. The number of benzene rings is 1. The quantitative estimate of drug-likeness (QED) is 0.458. The van der Waals surface area contributed by atoms with Gasteiger partial charge in [0.25, 0.3) is 0 Å². The summed E-state index contributed by atoms with van der Waals surface area (Å²) in [7, 11) is -0.268. The molecule has 1 aromatic carbocycles. The van der Waals surface area contributed by atoms with Gasteiger partial charge in [-0.3, -0.25) is 0 Å². The fourth-order valence-electron chi connectivity index (χ4n) is 2.59. The second-order valence-electron chi connectivity index (χ2n) is 4.88. The van der Waals surface area contributed by atoms with E-state index in [1.54, 1.807) is 0 Å². The average molecular weight is 358 g/mol. The monoisotopic (exact) mass is 357 g/mol. The minimum absolute atomic E-state index is 0. The molecule has 2 atom stereocenters. The number of hydrogen-bond donors (Lipinski definition) is 0. The van der Waals surface area contributed by atoms with Crippen LogP contribution in [0.5, 0.6) is 0 Å². The van der Waals surface area contributed by atoms with Gasteiger partial charge in [0.05, 0.1) is 0 Å². The summed E-state index contributed by atoms with van der Waals surface area (Å²) in [6.45, 7) is 6.63. The van der Waals surface area contributed by atoms with Crippen molar-refractivity contribution in [2.45, 2.75) is 26.4 Å². The number of aryl methyl sites for hydroxylation is 2. The molecular formula is C16H16Cl2PTi. The maximum absolute atomic E-state index is 3.66. The van der Waals surface area contributed by atoms with Gasteiger partial charge in [0.15, 0.2) is 0 Å². The summed E-state index contributed by atoms with van der Waals surface area (Å²) in [6, 6.07) is 8.76. The Kier molecular flexibility index (Phi) is 7.89. The molecular weight excluding hydrogens is 342 g/mol. The third-order valence-electron chi connectivity index (χ3n) is 3.60. The summed E-state index contributed by atoms with van der Waals surface area (Å²) in [5.74, 6) is 6.09. The predicted molar refractivity (Wildman–Crippen MR) is 75.7 cm³/mol. The minimum atomic E-state index is -0.268. The maximum atomic E-state index is 3.66. The molecule has 1 aromatic heterocycles. The van der Waals surface area contributed by atoms with E-state index in [1.165, 1.54) is 27.8 Å². The molecule has 103 valence electrons. The van der Waals surface area contributed by atoms with E-state index in [1.807, 2.05) is 0 Å². The van der Waals surface area contributed by atoms with Gasteiger partial charge >= 0.3 is 21.7 Å². The van der Waals surface area contributed by atoms with Crippen LogP contribution in [0.15, 0.2) is 35.6 Å². The fraction of sp³-hybridized carbons (Fsp3) is 0.250. The Balaban J connectivity index is 0.00000120. The van der Waals surface area contributed by atoms with E-state index in [0.717, 1.165) is 0 Å². The molecule has 4 heteroatoms. The Morgan fingerprint density at radius 3 is 2.30 bits per heavy atom. The van der Waals surface area contributed by atoms with Gasteiger partial charge in [0, 0.05) is 5.66 Å². The van der Waals surface area contributed by atoms with Crippen LogP contribution in [0.3, 0.4) is 0 Å². The van der Waals surface area contributed by atoms with Gasteiger partial charge in [-0.25, -0.2) is 7.53 Å². The van der Waals surface area contributed by atoms with Crippen LogP contribution in [-0.2, 0) is 21.7 Å². The zero-order chi connectivity index (χ0) is 12.0. The van der Waals surface area contributed by atoms with Crippen LogP contribution >= 0.6 is 7.53 Å². The first-order chi connectivity index (χ1) is 8.16. The molecule has 1 heterocycles. The van der Waals surface area contributed by atoms with Crippen molar-refractivity contribution in [3.05, 3.63) is 63.7 Å². The number of fused-ring (bicyclic) bond motifs is 1. The Hall–Kier alpha value is 0.0343. The van der Waals surface area contributed by atoms with Crippen molar-refractivity contribution in [2.75, 3.05) is 0 Å². The van der Waals surface area contributed by atoms with E-state index in [4.69, 9.17) is 0 Å². The molecule has 0 amide bonds. The van der Waals surface area contributed by atoms with E-state index in [-0.39, 0.29) is 54.1 Å². The summed E-state index contributed by atoms with van der Waals surface area (Å²) in [5, 5.41) is 0. The molecule has 0 bridgehead atoms. The van der Waals surface area contributed by atoms with Crippen molar-refractivity contribution in [1.82, 2.24) is 0 Å². The van der Waals surface area contributed by atoms with Crippen LogP contribution in [0.2, 0.25) is 0 Å². The Morgan fingerprint density at radius 1 is 1.05 bits per heavy atom. The first kappa shape index (κ1) is 20.0. The topological polar surface area (TPSA) is 0 Å². The smallest absolute Gasteiger partial charge is 1.00 e. The van der Waals surface area contributed by atoms with Gasteiger partial charge in [-0.2, -0.15) is 22.7 Å². The molecule has 20 heavy (non-hydrogen) atoms. The zero-order valence-corrected chi connectivity index (χ0v) is 15.7. The van der Waals surface area contributed by atoms with Gasteiger partial charge < -0.3 is 24.8 Å². The van der Waals surface area contributed by atoms with Gasteiger partial charge in [-0.1, -0.05) is 49.8 Å². The first-order valence-corrected chi connectivity index (χ1v) is 7.49. The molecule has 0 fully saturated rings. The standard InChI is InChI=1S/C16H16P.2ClH.Ti/c1-11-8-14-6-4-5-7-15(14)16(11)17-9-12(2)13(3)10-17;;;/h4-9,16H,1-3H3;2*1H;/q-1;;;+3/p-2. The molecule has 0 spiro atoms. The van der Waals surface area contributed by atoms with Gasteiger partial charge in [-0.15, -0.1) is 0 Å². The van der Waals surface area contributed by atoms with Crippen LogP contribution in [0.4, 0.5) is 0 Å². The second kappa shape index (κ2) is 7.88. The SMILES string of the molecule is CC1=Cc2ccccc2C1p1[c-]c(C)c(C)c1.[Cl-].[Cl-].[Ti+3]. The molecule has 0 N–H and O–H groups in total. The summed E-state index contributed by atoms with van der Waals surface area (Å²) in [6.07, 6.45) is 2.33. The second-order valence-corrected chi connectivity index (χ2v) is 6.69. The normalized spacial score (nSPS) is 16.2. The van der Waals surface area contributed by atoms with Crippen molar-refractivity contribution < 1.29 is 46.5 Å². The molecule has 0 saturated carbocycles. The zero-order valence-electron chi connectivity index (χ0n) is 11.7. The number of hydrogen-bond acceptors (Lipinski definition) is 0. The van der Waals surface area contributed by atoms with Crippen LogP contribution in [-0.4, -0.2) is 0 Å². The Morgan fingerprint density at radius 2 is 1.70 bits per heavy atom. The van der Waals surface area contributed by atoms with Gasteiger partial charge in [0.1, 0.15) is 0 Å². The van der Waals surface area contributed by atoms with Crippen LogP contribution in [0.1, 0.15) is 34.8 Å². The Labute approximate surface area is 149 Å². The maximum Gasteiger partial charge on any atom is 3.00 e. The average Bonchev–Trinajstić information content (AvgIpc) is 2.78. The number of halogens is 2. The van der Waals surface area contributed by atoms with E-state index in [2.05, 4.69) is 62.7 Å². The molecule has 0 nitrogen and oxygen atoms in total. The molecule has 1 aliphatic carbocycles. The summed E-state index contributed by atoms with van der Waals surface area (Å²) >= 11 is 0. The molecule has 2 aromatic rings. The molecule has 0 aliphatic heterocycles. The first-order valence-electron chi connectivity index (χ1n) is 6.01. The van der Waals surface area contributed by atoms with Crippen molar-refractivity contribution in [3.63, 3.8) is 0 Å². The van der Waals surface area contributed by atoms with Crippen LogP contribution in [0, 0.1) is 19.6 Å². The van der Waals surface area contributed by atoms with E-state index >= 15 is 0 Å². The van der Waals surface area contributed by atoms with Crippen molar-refractivity contribution in [2.24, 2.45) is 0 Å². The van der Waals surface area contributed by atoms with Crippen molar-refractivity contribution >= 4 is 13.6 Å². The molecule has 1 aliphatic rings. The Bertz CT molecular complexity index is 597. The molecule has 1 radical (unpaired) electrons. The molecule has 0 saturated heterocycles. The predicted octanol–water partition coefficient (Wildman–Crippen LogP) is -0.898. The summed E-state index contributed by atoms with van der Waals surface area (Å²) < 4.78 is 0. The van der Waals surface area contributed by atoms with Crippen LogP contribution < -0.4 is 24.8 Å². The van der Waals surface area contributed by atoms with E-state index < -0.39 is 0 Å². The van der Waals surface area contributed by atoms with E-state index in [9.17, 15) is 0 Å². The molecule has 2 unspecified atom stereocenters. The van der Waals surface area contributed by atoms with Crippen molar-refractivity contribution in [3.8, 4) is 0 Å². The van der Waals surface area contributed by atoms with E-state index in [0.29, 0.717) is 5.66 Å². The summed E-state index contributed by atoms with van der Waals surface area (Å²) in [5.41, 5.74) is 7.69. The minimum Gasteiger partial charge on any atom is -1.00 e. The van der Waals surface area contributed by atoms with Crippen LogP contribution in [0.25, 0.3) is 6.08 Å². The summed E-state index contributed by atoms with van der Waals surface area (Å²) in [4.78, 5) is 0. The fourth-order valence-corrected chi connectivity index (χ4v) is 5.15. The largest absolute Gasteiger partial charge is 3.00 e. The number of allylic oxidation sites excluding steroid dienone is 1. The van der Waals surface area contributed by atoms with Gasteiger partial charge in [0.2, 0.25) is 0 Å². The molecule has 3 rings (SSSR count). The van der Waals surface area contributed by atoms with Gasteiger partial charge in [-0.05, 0) is 18.1 Å². The van der Waals surface area contributed by atoms with Crippen molar-refractivity contribution in [1.29, 1.82) is 0 Å².